The molecule has 8 heteroatoms. The Balaban J connectivity index is 1.57. The van der Waals surface area contributed by atoms with Gasteiger partial charge >= 0.3 is 0 Å². The molecule has 2 aromatic heterocycles. The highest BCUT2D eigenvalue weighted by molar-refractivity contribution is 8.25. The van der Waals surface area contributed by atoms with Crippen molar-refractivity contribution in [3.05, 3.63) is 45.8 Å². The van der Waals surface area contributed by atoms with Gasteiger partial charge in [-0.2, -0.15) is 10.6 Å². The summed E-state index contributed by atoms with van der Waals surface area (Å²) in [7, 11) is 1.63. The lowest BCUT2D eigenvalue weighted by Gasteiger charge is -2.46. The van der Waals surface area contributed by atoms with Crippen LogP contribution in [0, 0.1) is 0 Å². The number of hydrogen-bond acceptors (Lipinski definition) is 5. The zero-order valence-corrected chi connectivity index (χ0v) is 19.4. The molecule has 5 N–H and O–H groups in total. The number of fused-ring (bicyclic) bond motifs is 3. The lowest BCUT2D eigenvalue weighted by atomic mass is 9.89. The maximum Gasteiger partial charge on any atom is 0.250 e. The molecule has 6 nitrogen and oxygen atoms in total. The second-order valence-corrected chi connectivity index (χ2v) is 12.8. The van der Waals surface area contributed by atoms with E-state index in [9.17, 15) is 13.9 Å². The van der Waals surface area contributed by atoms with Crippen LogP contribution in [0.2, 0.25) is 0 Å². The molecular weight excluding hydrogens is 430 g/mol. The second kappa shape index (κ2) is 7.64. The van der Waals surface area contributed by atoms with E-state index >= 15 is 0 Å². The van der Waals surface area contributed by atoms with Crippen LogP contribution in [0.5, 0.6) is 0 Å². The molecule has 1 unspecified atom stereocenters. The summed E-state index contributed by atoms with van der Waals surface area (Å²) in [6, 6.07) is 6.22. The molecule has 2 aliphatic heterocycles. The van der Waals surface area contributed by atoms with Crippen LogP contribution in [0.3, 0.4) is 0 Å². The third-order valence-electron chi connectivity index (χ3n) is 6.87. The van der Waals surface area contributed by atoms with Crippen molar-refractivity contribution in [1.29, 1.82) is 0 Å². The maximum absolute atomic E-state index is 12.3. The molecule has 0 radical (unpaired) electrons. The van der Waals surface area contributed by atoms with Crippen LogP contribution >= 0.6 is 21.9 Å². The number of hydrogen-bond donors (Lipinski definition) is 4. The molecule has 2 fully saturated rings. The zero-order valence-electron chi connectivity index (χ0n) is 17.8. The van der Waals surface area contributed by atoms with Crippen molar-refractivity contribution in [3.63, 3.8) is 0 Å². The van der Waals surface area contributed by atoms with Gasteiger partial charge in [-0.05, 0) is 86.0 Å². The first-order valence-electron chi connectivity index (χ1n) is 10.7. The average Bonchev–Trinajstić information content (AvgIpc) is 3.34. The number of aromatic nitrogens is 1. The number of nitrogens with two attached hydrogens (primary N) is 1. The zero-order chi connectivity index (χ0) is 21.9. The van der Waals surface area contributed by atoms with Gasteiger partial charge < -0.3 is 15.6 Å². The topological polar surface area (TPSA) is 103 Å². The Bertz CT molecular complexity index is 1130. The number of H-pyrrole nitrogens is 1. The van der Waals surface area contributed by atoms with E-state index in [1.54, 1.807) is 11.3 Å². The summed E-state index contributed by atoms with van der Waals surface area (Å²) >= 11 is 1.72. The number of benzene rings is 1. The van der Waals surface area contributed by atoms with Crippen LogP contribution in [-0.2, 0) is 6.54 Å². The van der Waals surface area contributed by atoms with E-state index in [0.717, 1.165) is 59.8 Å². The van der Waals surface area contributed by atoms with Gasteiger partial charge in [0, 0.05) is 33.5 Å². The smallest absolute Gasteiger partial charge is 0.250 e. The number of nitrogens with zero attached hydrogens (tertiary/aromatic N) is 1. The average molecular weight is 460 g/mol. The van der Waals surface area contributed by atoms with Gasteiger partial charge in [0.25, 0.3) is 5.91 Å². The summed E-state index contributed by atoms with van der Waals surface area (Å²) in [4.78, 5) is 19.0. The van der Waals surface area contributed by atoms with Crippen molar-refractivity contribution in [2.24, 2.45) is 5.73 Å². The van der Waals surface area contributed by atoms with E-state index < -0.39 is 16.5 Å². The minimum Gasteiger partial charge on any atom is -0.366 e. The molecule has 5 rings (SSSR count). The first-order valence-corrected chi connectivity index (χ1v) is 13.2. The Hall–Kier alpha value is -1.84. The first-order chi connectivity index (χ1) is 14.7. The van der Waals surface area contributed by atoms with Gasteiger partial charge in [0.05, 0.1) is 11.1 Å². The molecule has 3 atom stereocenters. The first kappa shape index (κ1) is 21.0. The van der Waals surface area contributed by atoms with Gasteiger partial charge in [0.1, 0.15) is 0 Å². The Labute approximate surface area is 187 Å². The minimum absolute atomic E-state index is 0.00883. The Morgan fingerprint density at radius 2 is 1.90 bits per heavy atom. The largest absolute Gasteiger partial charge is 0.366 e. The van der Waals surface area contributed by atoms with Crippen LogP contribution in [0.1, 0.15) is 52.4 Å². The van der Waals surface area contributed by atoms with Gasteiger partial charge in [-0.3, -0.25) is 13.9 Å². The van der Waals surface area contributed by atoms with E-state index in [4.69, 9.17) is 5.73 Å². The Kier molecular flexibility index (Phi) is 5.18. The van der Waals surface area contributed by atoms with Crippen LogP contribution < -0.4 is 5.73 Å². The molecule has 1 aromatic carbocycles. The van der Waals surface area contributed by atoms with E-state index in [-0.39, 0.29) is 16.4 Å². The number of carbonyl (C=O) groups excluding carboxylic acids is 1. The number of rotatable bonds is 5. The second-order valence-electron chi connectivity index (χ2n) is 9.22. The standard InChI is InChI=1S/C23H29N3O3S2/c1-26(2)11-16-5-15(12-30-16)13-8-19-21(10-25-22(19)20(9-13)23(24)27)14-6-17-3-4-18(7-14)31(17,28)29/h5,8-10,12,14,17-18,25,28-29H,3-4,6-7,11H2,1-2H3,(H2,24,27)/t14?,17-,18+. The van der Waals surface area contributed by atoms with Crippen molar-refractivity contribution < 1.29 is 13.9 Å². The number of aromatic amines is 1. The maximum atomic E-state index is 12.3. The molecular formula is C23H29N3O3S2. The fourth-order valence-electron chi connectivity index (χ4n) is 5.37. The molecule has 31 heavy (non-hydrogen) atoms. The lowest BCUT2D eigenvalue weighted by molar-refractivity contribution is 0.100. The molecule has 2 aliphatic rings. The van der Waals surface area contributed by atoms with Crippen LogP contribution in [0.25, 0.3) is 22.0 Å². The van der Waals surface area contributed by atoms with Crippen molar-refractivity contribution in [2.45, 2.75) is 48.6 Å². The lowest BCUT2D eigenvalue weighted by Crippen LogP contribution is -2.28. The summed E-state index contributed by atoms with van der Waals surface area (Å²) < 4.78 is 21.1. The molecule has 4 heterocycles. The highest BCUT2D eigenvalue weighted by Crippen LogP contribution is 2.66. The van der Waals surface area contributed by atoms with E-state index in [2.05, 4.69) is 41.5 Å². The summed E-state index contributed by atoms with van der Waals surface area (Å²) in [5, 5.41) is 3.14. The highest BCUT2D eigenvalue weighted by Gasteiger charge is 2.47. The molecule has 1 amide bonds. The fraction of sp³-hybridized carbons (Fsp3) is 0.435. The van der Waals surface area contributed by atoms with Crippen molar-refractivity contribution >= 4 is 38.7 Å². The SMILES string of the molecule is CN(C)Cc1cc(-c2cc(C(N)=O)c3[nH]cc(C4C[C@H]5CC[C@@H](C4)S5(O)O)c3c2)cs1. The van der Waals surface area contributed by atoms with Crippen LogP contribution in [0.4, 0.5) is 0 Å². The quantitative estimate of drug-likeness (QED) is 0.420. The van der Waals surface area contributed by atoms with Crippen LogP contribution in [0.15, 0.2) is 29.8 Å². The molecule has 3 aromatic rings. The number of nitrogens with one attached hydrogen (secondary N) is 1. The predicted octanol–water partition coefficient (Wildman–Crippen LogP) is 5.22. The summed E-state index contributed by atoms with van der Waals surface area (Å²) in [5.41, 5.74) is 10.3. The van der Waals surface area contributed by atoms with E-state index in [1.807, 2.05) is 12.3 Å². The molecule has 0 aliphatic carbocycles. The minimum atomic E-state index is -2.47. The number of carbonyl (C=O) groups is 1. The molecule has 0 spiro atoms. The van der Waals surface area contributed by atoms with Gasteiger partial charge in [-0.15, -0.1) is 11.3 Å². The Morgan fingerprint density at radius 3 is 2.55 bits per heavy atom. The number of amides is 1. The molecule has 166 valence electrons. The van der Waals surface area contributed by atoms with Crippen molar-refractivity contribution in [3.8, 4) is 11.1 Å². The number of primary amides is 1. The molecule has 2 saturated heterocycles. The van der Waals surface area contributed by atoms with Gasteiger partial charge in [0.15, 0.2) is 0 Å². The number of thiophene rings is 1. The third kappa shape index (κ3) is 3.60. The normalized spacial score (nSPS) is 25.9. The molecule has 2 bridgehead atoms. The monoisotopic (exact) mass is 459 g/mol. The highest BCUT2D eigenvalue weighted by atomic mass is 32.3. The summed E-state index contributed by atoms with van der Waals surface area (Å²) in [6.07, 6.45) is 5.36. The van der Waals surface area contributed by atoms with Crippen molar-refractivity contribution in [1.82, 2.24) is 9.88 Å². The summed E-state index contributed by atoms with van der Waals surface area (Å²) in [6.45, 7) is 0.877. The van der Waals surface area contributed by atoms with E-state index in [1.165, 1.54) is 4.88 Å². The van der Waals surface area contributed by atoms with Gasteiger partial charge in [0.2, 0.25) is 0 Å². The van der Waals surface area contributed by atoms with Crippen molar-refractivity contribution in [2.75, 3.05) is 14.1 Å². The predicted molar refractivity (Wildman–Crippen MR) is 129 cm³/mol. The fourth-order valence-corrected chi connectivity index (χ4v) is 8.92. The van der Waals surface area contributed by atoms with Crippen LogP contribution in [-0.4, -0.2) is 49.5 Å². The third-order valence-corrected chi connectivity index (χ3v) is 10.6. The summed E-state index contributed by atoms with van der Waals surface area (Å²) in [5.74, 6) is -0.184. The molecule has 0 saturated carbocycles. The van der Waals surface area contributed by atoms with Gasteiger partial charge in [-0.1, -0.05) is 0 Å². The van der Waals surface area contributed by atoms with E-state index in [0.29, 0.717) is 5.56 Å². The Morgan fingerprint density at radius 1 is 1.19 bits per heavy atom. The van der Waals surface area contributed by atoms with Gasteiger partial charge in [-0.25, -0.2) is 0 Å².